The molecule has 0 aliphatic carbocycles. The summed E-state index contributed by atoms with van der Waals surface area (Å²) in [5.41, 5.74) is 1.77. The number of hydroxylamine groups is 1. The van der Waals surface area contributed by atoms with Crippen LogP contribution in [0.1, 0.15) is 1.43 Å². The monoisotopic (exact) mass is 125 g/mol. The standard InChI is InChI=1S/C4H7NO3.Li.H/c6-4(7)2-1-3-5-8;;/h1-2,5,8H,3H2,(H,6,7);;/q;+1;-1. The molecule has 0 aromatic rings. The molecule has 0 heterocycles. The van der Waals surface area contributed by atoms with Crippen molar-refractivity contribution in [2.24, 2.45) is 0 Å². The van der Waals surface area contributed by atoms with Crippen LogP contribution in [-0.2, 0) is 4.79 Å². The molecule has 0 radical (unpaired) electrons. The molecule has 0 aliphatic heterocycles. The Kier molecular flexibility index (Phi) is 9.89. The second-order valence-corrected chi connectivity index (χ2v) is 1.10. The van der Waals surface area contributed by atoms with Crippen molar-refractivity contribution in [2.45, 2.75) is 0 Å². The second-order valence-electron chi connectivity index (χ2n) is 1.10. The molecule has 0 fully saturated rings. The summed E-state index contributed by atoms with van der Waals surface area (Å²) in [5.74, 6) is -1.01. The van der Waals surface area contributed by atoms with E-state index < -0.39 is 5.97 Å². The van der Waals surface area contributed by atoms with Crippen LogP contribution in [0.25, 0.3) is 0 Å². The van der Waals surface area contributed by atoms with Gasteiger partial charge in [-0.25, -0.2) is 10.3 Å². The third kappa shape index (κ3) is 11.3. The molecule has 0 unspecified atom stereocenters. The number of carboxylic acids is 1. The van der Waals surface area contributed by atoms with E-state index in [1.54, 1.807) is 5.48 Å². The molecule has 3 N–H and O–H groups in total. The van der Waals surface area contributed by atoms with Crippen molar-refractivity contribution in [3.63, 3.8) is 0 Å². The summed E-state index contributed by atoms with van der Waals surface area (Å²) in [5, 5.41) is 15.8. The summed E-state index contributed by atoms with van der Waals surface area (Å²) in [6.07, 6.45) is 2.24. The fraction of sp³-hybridized carbons (Fsp3) is 0.250. The molecule has 0 saturated heterocycles. The molecule has 0 rings (SSSR count). The first-order chi connectivity index (χ1) is 3.77. The van der Waals surface area contributed by atoms with Gasteiger partial charge in [0, 0.05) is 12.6 Å². The first-order valence-electron chi connectivity index (χ1n) is 2.04. The van der Waals surface area contributed by atoms with Gasteiger partial charge in [-0.05, 0) is 0 Å². The zero-order valence-electron chi connectivity index (χ0n) is 6.16. The molecular weight excluding hydrogens is 117 g/mol. The minimum atomic E-state index is -1.01. The Morgan fingerprint density at radius 3 is 2.67 bits per heavy atom. The maximum Gasteiger partial charge on any atom is 1.00 e. The zero-order chi connectivity index (χ0) is 6.41. The summed E-state index contributed by atoms with van der Waals surface area (Å²) in [6.45, 7) is 0.159. The van der Waals surface area contributed by atoms with Crippen LogP contribution in [0, 0.1) is 0 Å². The summed E-state index contributed by atoms with van der Waals surface area (Å²) in [6, 6.07) is 0. The van der Waals surface area contributed by atoms with Gasteiger partial charge >= 0.3 is 24.8 Å². The molecule has 0 spiro atoms. The normalized spacial score (nSPS) is 9.00. The van der Waals surface area contributed by atoms with Crippen molar-refractivity contribution in [3.8, 4) is 0 Å². The van der Waals surface area contributed by atoms with Crippen molar-refractivity contribution in [3.05, 3.63) is 12.2 Å². The van der Waals surface area contributed by atoms with Crippen LogP contribution >= 0.6 is 0 Å². The average molecular weight is 125 g/mol. The Morgan fingerprint density at radius 1 is 1.78 bits per heavy atom. The Balaban J connectivity index is -0.000000245. The third-order valence-corrected chi connectivity index (χ3v) is 0.470. The predicted octanol–water partition coefficient (Wildman–Crippen LogP) is -3.28. The third-order valence-electron chi connectivity index (χ3n) is 0.470. The second kappa shape index (κ2) is 7.73. The summed E-state index contributed by atoms with van der Waals surface area (Å²) in [7, 11) is 0. The van der Waals surface area contributed by atoms with E-state index in [9.17, 15) is 4.79 Å². The van der Waals surface area contributed by atoms with Crippen LogP contribution in [-0.4, -0.2) is 22.8 Å². The Labute approximate surface area is 66.2 Å². The first kappa shape index (κ1) is 11.5. The van der Waals surface area contributed by atoms with Crippen molar-refractivity contribution in [2.75, 3.05) is 6.54 Å². The molecule has 0 bridgehead atoms. The van der Waals surface area contributed by atoms with E-state index in [2.05, 4.69) is 0 Å². The topological polar surface area (TPSA) is 69.6 Å². The van der Waals surface area contributed by atoms with Crippen LogP contribution in [0.5, 0.6) is 0 Å². The summed E-state index contributed by atoms with van der Waals surface area (Å²) >= 11 is 0. The number of hydrogen-bond donors (Lipinski definition) is 3. The van der Waals surface area contributed by atoms with E-state index >= 15 is 0 Å². The molecule has 0 aliphatic rings. The molecule has 48 valence electrons. The maximum atomic E-state index is 9.68. The molecule has 0 aromatic carbocycles. The van der Waals surface area contributed by atoms with Crippen molar-refractivity contribution >= 4 is 5.97 Å². The van der Waals surface area contributed by atoms with Crippen LogP contribution in [0.3, 0.4) is 0 Å². The van der Waals surface area contributed by atoms with Crippen LogP contribution in [0.4, 0.5) is 0 Å². The number of nitrogens with one attached hydrogen (secondary N) is 1. The average Bonchev–Trinajstić information content (AvgIpc) is 1.66. The quantitative estimate of drug-likeness (QED) is 0.210. The number of hydrogen-bond acceptors (Lipinski definition) is 3. The van der Waals surface area contributed by atoms with Crippen LogP contribution in [0.15, 0.2) is 12.2 Å². The number of carbonyl (C=O) groups is 1. The Hall–Kier alpha value is -0.273. The van der Waals surface area contributed by atoms with E-state index in [1.807, 2.05) is 0 Å². The molecule has 9 heavy (non-hydrogen) atoms. The smallest absolute Gasteiger partial charge is 1.00 e. The fourth-order valence-corrected chi connectivity index (χ4v) is 0.212. The molecule has 0 aromatic heterocycles. The Bertz CT molecular complexity index is 109. The first-order valence-corrected chi connectivity index (χ1v) is 2.04. The summed E-state index contributed by atoms with van der Waals surface area (Å²) in [4.78, 5) is 9.68. The van der Waals surface area contributed by atoms with Gasteiger partial charge in [-0.2, -0.15) is 0 Å². The largest absolute Gasteiger partial charge is 1.00 e. The van der Waals surface area contributed by atoms with Gasteiger partial charge in [0.2, 0.25) is 0 Å². The van der Waals surface area contributed by atoms with Gasteiger partial charge in [0.15, 0.2) is 0 Å². The SMILES string of the molecule is O=C(O)C=CCNO.[H-].[Li+]. The number of aliphatic carboxylic acids is 1. The fourth-order valence-electron chi connectivity index (χ4n) is 0.212. The van der Waals surface area contributed by atoms with Gasteiger partial charge in [0.25, 0.3) is 0 Å². The van der Waals surface area contributed by atoms with E-state index in [4.69, 9.17) is 10.3 Å². The van der Waals surface area contributed by atoms with Crippen molar-refractivity contribution in [1.29, 1.82) is 0 Å². The van der Waals surface area contributed by atoms with Crippen LogP contribution in [0.2, 0.25) is 0 Å². The van der Waals surface area contributed by atoms with Gasteiger partial charge in [0.1, 0.15) is 0 Å². The van der Waals surface area contributed by atoms with E-state index in [0.717, 1.165) is 6.08 Å². The van der Waals surface area contributed by atoms with Crippen molar-refractivity contribution in [1.82, 2.24) is 5.48 Å². The van der Waals surface area contributed by atoms with Gasteiger partial charge in [-0.15, -0.1) is 0 Å². The van der Waals surface area contributed by atoms with Gasteiger partial charge in [0.05, 0.1) is 0 Å². The summed E-state index contributed by atoms with van der Waals surface area (Å²) < 4.78 is 0. The molecule has 0 atom stereocenters. The van der Waals surface area contributed by atoms with Crippen LogP contribution < -0.4 is 24.3 Å². The van der Waals surface area contributed by atoms with E-state index in [0.29, 0.717) is 0 Å². The number of rotatable bonds is 3. The minimum Gasteiger partial charge on any atom is -1.00 e. The zero-order valence-corrected chi connectivity index (χ0v) is 5.16. The predicted molar refractivity (Wildman–Crippen MR) is 27.7 cm³/mol. The molecule has 4 nitrogen and oxygen atoms in total. The number of carboxylic acid groups (broad SMARTS) is 1. The van der Waals surface area contributed by atoms with Crippen molar-refractivity contribution < 1.29 is 35.4 Å². The maximum absolute atomic E-state index is 9.68. The van der Waals surface area contributed by atoms with Gasteiger partial charge in [-0.3, -0.25) is 0 Å². The molecule has 5 heteroatoms. The van der Waals surface area contributed by atoms with E-state index in [1.165, 1.54) is 6.08 Å². The Morgan fingerprint density at radius 2 is 2.33 bits per heavy atom. The molecule has 0 saturated carbocycles. The molecular formula is C4H8LiNO3. The molecule has 0 amide bonds. The minimum absolute atomic E-state index is 0. The van der Waals surface area contributed by atoms with Gasteiger partial charge < -0.3 is 11.7 Å². The van der Waals surface area contributed by atoms with Gasteiger partial charge in [-0.1, -0.05) is 6.08 Å². The van der Waals surface area contributed by atoms with E-state index in [-0.39, 0.29) is 26.8 Å².